The van der Waals surface area contributed by atoms with Gasteiger partial charge in [-0.2, -0.15) is 38.7 Å². The summed E-state index contributed by atoms with van der Waals surface area (Å²) in [5.41, 5.74) is -5.95. The second kappa shape index (κ2) is 29.7. The first-order chi connectivity index (χ1) is 37.3. The van der Waals surface area contributed by atoms with Crippen molar-refractivity contribution in [2.24, 2.45) is 20.5 Å². The zero-order valence-corrected chi connectivity index (χ0v) is 56.2. The fourth-order valence-electron chi connectivity index (χ4n) is 7.29. The zero-order valence-electron chi connectivity index (χ0n) is 45.0. The van der Waals surface area contributed by atoms with Crippen LogP contribution in [0.15, 0.2) is 101 Å². The first-order valence-electron chi connectivity index (χ1n) is 22.1. The van der Waals surface area contributed by atoms with Gasteiger partial charge in [-0.3, -0.25) is 18.7 Å². The number of rotatable bonds is 20. The van der Waals surface area contributed by atoms with Crippen LogP contribution in [0, 0.1) is 26.0 Å². The molecule has 84 heavy (non-hydrogen) atoms. The molecule has 0 spiro atoms. The van der Waals surface area contributed by atoms with Crippen LogP contribution < -0.4 is 151 Å². The van der Waals surface area contributed by atoms with E-state index in [1.807, 2.05) is 0 Å². The molecule has 0 amide bonds. The van der Waals surface area contributed by atoms with Crippen molar-refractivity contribution in [3.05, 3.63) is 116 Å². The van der Waals surface area contributed by atoms with Crippen molar-refractivity contribution in [2.45, 2.75) is 62.1 Å². The van der Waals surface area contributed by atoms with Gasteiger partial charge in [-0.1, -0.05) is 0 Å². The van der Waals surface area contributed by atoms with Crippen molar-refractivity contribution < 1.29 is 189 Å². The van der Waals surface area contributed by atoms with Crippen molar-refractivity contribution in [2.75, 3.05) is 21.3 Å². The molecule has 0 aliphatic carbocycles. The average Bonchev–Trinajstić information content (AvgIpc) is 3.56. The molecule has 0 radical (unpaired) electrons. The number of benzene rings is 3. The SMILES string of the molecule is CCn1c(O)c(N=Nc2cc(Nc3nc(F)nc(Nc4ccc(Nc5nc(F)nc(Nc6ccc(S(=O)(=O)[O-])c(N=Nc7c(C)c(CS(=O)(=O)[O-])c(=O)n(CC)c7O)c6)n5)cc4)n3)ccc2S(=O)(=O)[O-])c(C)c(CS(=O)(=O)[O-])c1=O.[Na+].[Na+].[Na+].[Na+]. The summed E-state index contributed by atoms with van der Waals surface area (Å²) in [5, 5.41) is 47.3. The minimum atomic E-state index is -5.28. The van der Waals surface area contributed by atoms with E-state index in [1.165, 1.54) is 38.1 Å². The van der Waals surface area contributed by atoms with Crippen LogP contribution in [0.1, 0.15) is 36.1 Å². The Labute approximate surface area is 562 Å². The summed E-state index contributed by atoms with van der Waals surface area (Å²) in [6, 6.07) is 11.2. The van der Waals surface area contributed by atoms with Gasteiger partial charge in [0.15, 0.2) is 0 Å². The van der Waals surface area contributed by atoms with Gasteiger partial charge in [0.25, 0.3) is 11.1 Å². The summed E-state index contributed by atoms with van der Waals surface area (Å²) in [7, 11) is -20.6. The maximum absolute atomic E-state index is 14.8. The number of halogens is 2. The predicted molar refractivity (Wildman–Crippen MR) is 269 cm³/mol. The Morgan fingerprint density at radius 2 is 0.774 bits per heavy atom. The quantitative estimate of drug-likeness (QED) is 0.0234. The molecular weight excluding hydrogens is 1240 g/mol. The van der Waals surface area contributed by atoms with E-state index in [1.54, 1.807) is 0 Å². The van der Waals surface area contributed by atoms with Crippen LogP contribution in [0.5, 0.6) is 11.8 Å². The van der Waals surface area contributed by atoms with Crippen LogP contribution in [0.3, 0.4) is 0 Å². The monoisotopic (exact) mass is 1280 g/mol. The van der Waals surface area contributed by atoms with Crippen molar-refractivity contribution in [1.82, 2.24) is 39.0 Å². The van der Waals surface area contributed by atoms with Crippen LogP contribution in [0.4, 0.5) is 78.1 Å². The Morgan fingerprint density at radius 3 is 1.05 bits per heavy atom. The second-order valence-corrected chi connectivity index (χ2v) is 21.8. The summed E-state index contributed by atoms with van der Waals surface area (Å²) in [4.78, 5) is 46.2. The van der Waals surface area contributed by atoms with Gasteiger partial charge in [0.1, 0.15) is 43.0 Å². The molecule has 0 saturated carbocycles. The van der Waals surface area contributed by atoms with Crippen molar-refractivity contribution >= 4 is 110 Å². The molecule has 0 atom stereocenters. The number of hydrogen-bond acceptors (Lipinski definition) is 30. The molecule has 0 aliphatic heterocycles. The van der Waals surface area contributed by atoms with Crippen molar-refractivity contribution in [3.63, 3.8) is 0 Å². The smallest absolute Gasteiger partial charge is 0.748 e. The molecule has 0 fully saturated rings. The Balaban J connectivity index is 0.00000462. The van der Waals surface area contributed by atoms with E-state index >= 15 is 0 Å². The minimum absolute atomic E-state index is 0. The normalized spacial score (nSPS) is 11.7. The number of pyridine rings is 2. The fraction of sp³-hybridized carbons (Fsp3) is 0.190. The molecule has 6 N–H and O–H groups in total. The molecule has 422 valence electrons. The maximum Gasteiger partial charge on any atom is 1.00 e. The Morgan fingerprint density at radius 1 is 0.488 bits per heavy atom. The van der Waals surface area contributed by atoms with E-state index in [0.29, 0.717) is 9.13 Å². The van der Waals surface area contributed by atoms with E-state index in [4.69, 9.17) is 0 Å². The van der Waals surface area contributed by atoms with E-state index in [0.717, 1.165) is 50.2 Å². The number of aromatic hydroxyl groups is 2. The number of nitrogens with zero attached hydrogens (tertiary/aromatic N) is 12. The van der Waals surface area contributed by atoms with E-state index < -0.39 is 154 Å². The third-order valence-corrected chi connectivity index (χ3v) is 14.0. The first-order valence-corrected chi connectivity index (χ1v) is 28.1. The van der Waals surface area contributed by atoms with E-state index in [9.17, 15) is 80.5 Å². The van der Waals surface area contributed by atoms with Gasteiger partial charge in [0.2, 0.25) is 35.6 Å². The molecular formula is C42H36F2N16Na4O16S4. The molecule has 4 aromatic heterocycles. The van der Waals surface area contributed by atoms with Crippen molar-refractivity contribution in [1.29, 1.82) is 0 Å². The number of hydrogen-bond donors (Lipinski definition) is 6. The minimum Gasteiger partial charge on any atom is -0.748 e. The number of aromatic nitrogens is 8. The van der Waals surface area contributed by atoms with Gasteiger partial charge >= 0.3 is 130 Å². The Bertz CT molecular complexity index is 4050. The molecule has 0 saturated heterocycles. The van der Waals surface area contributed by atoms with Gasteiger partial charge in [-0.25, -0.2) is 33.7 Å². The standard InChI is InChI=1S/C42H40F2N16O16S4.4Na/c1-5-59-33(61)25(17-77(65,66)67)19(3)31(35(59)63)57-55-27-15-23(11-13-29(27)79(71,72)73)47-41-51-37(43)49-39(53-41)45-21-7-9-22(10-8-21)46-40-50-38(44)52-42(54-40)48-24-12-14-30(80(74,75)76)28(16-24)56-58-32-20(4)26(18-78(68,69)70)34(62)60(6-2)36(32)64;;;;/h7-16,63-64H,5-6,17-18H2,1-4H3,(H,65,66,67)(H,68,69,70)(H,71,72,73)(H,74,75,76)(H2,45,47,49,51,53)(H2,46,48,50,52,54);;;;/q;4*+1/p-4. The summed E-state index contributed by atoms with van der Waals surface area (Å²) in [5.74, 6) is -6.00. The third-order valence-electron chi connectivity index (χ3n) is 10.9. The molecule has 3 aromatic carbocycles. The fourth-order valence-corrected chi connectivity index (χ4v) is 9.86. The van der Waals surface area contributed by atoms with Crippen LogP contribution >= 0.6 is 0 Å². The van der Waals surface area contributed by atoms with Crippen LogP contribution in [-0.4, -0.2) is 101 Å². The number of nitrogens with one attached hydrogen (secondary N) is 4. The molecule has 0 aliphatic rings. The first kappa shape index (κ1) is 73.3. The molecule has 32 nitrogen and oxygen atoms in total. The average molecular weight is 1280 g/mol. The van der Waals surface area contributed by atoms with Gasteiger partial charge in [-0.05, 0) is 99.5 Å². The van der Waals surface area contributed by atoms with Crippen LogP contribution in [0.2, 0.25) is 0 Å². The van der Waals surface area contributed by atoms with Crippen LogP contribution in [-0.2, 0) is 65.1 Å². The van der Waals surface area contributed by atoms with Gasteiger partial charge in [0, 0.05) is 47.0 Å². The topological polar surface area (TPSA) is 488 Å². The molecule has 0 unspecified atom stereocenters. The van der Waals surface area contributed by atoms with E-state index in [-0.39, 0.29) is 165 Å². The zero-order chi connectivity index (χ0) is 58.8. The summed E-state index contributed by atoms with van der Waals surface area (Å²) in [6.07, 6.45) is -2.66. The molecule has 7 rings (SSSR count). The molecule has 4 heterocycles. The molecule has 0 bridgehead atoms. The second-order valence-electron chi connectivity index (χ2n) is 16.3. The van der Waals surface area contributed by atoms with Gasteiger partial charge in [0.05, 0.1) is 41.5 Å². The molecule has 7 aromatic rings. The van der Waals surface area contributed by atoms with Gasteiger partial charge in [-0.15, -0.1) is 20.5 Å². The van der Waals surface area contributed by atoms with Crippen LogP contribution in [0.25, 0.3) is 0 Å². The summed E-state index contributed by atoms with van der Waals surface area (Å²) >= 11 is 0. The Hall–Kier alpha value is -4.92. The third kappa shape index (κ3) is 18.6. The van der Waals surface area contributed by atoms with E-state index in [2.05, 4.69) is 71.6 Å². The van der Waals surface area contributed by atoms with Gasteiger partial charge < -0.3 is 49.7 Å². The molecule has 42 heteroatoms. The predicted octanol–water partition coefficient (Wildman–Crippen LogP) is -7.55. The summed E-state index contributed by atoms with van der Waals surface area (Å²) < 4.78 is 174. The Kier molecular flexibility index (Phi) is 25.9. The number of anilines is 8. The van der Waals surface area contributed by atoms with Crippen molar-refractivity contribution in [3.8, 4) is 11.8 Å². The largest absolute Gasteiger partial charge is 1.00 e. The summed E-state index contributed by atoms with van der Waals surface area (Å²) in [6.45, 7) is 4.65. The number of azo groups is 2. The maximum atomic E-state index is 14.8.